The van der Waals surface area contributed by atoms with E-state index in [1.54, 1.807) is 0 Å². The summed E-state index contributed by atoms with van der Waals surface area (Å²) in [5.41, 5.74) is 0. The zero-order valence-corrected chi connectivity index (χ0v) is 7.99. The van der Waals surface area contributed by atoms with Gasteiger partial charge < -0.3 is 5.32 Å². The second kappa shape index (κ2) is 3.77. The quantitative estimate of drug-likeness (QED) is 0.679. The van der Waals surface area contributed by atoms with Crippen LogP contribution in [0.3, 0.4) is 0 Å². The van der Waals surface area contributed by atoms with Gasteiger partial charge >= 0.3 is 0 Å². The van der Waals surface area contributed by atoms with E-state index in [1.165, 1.54) is 25.7 Å². The molecular formula is C9H18ClN. The zero-order valence-electron chi connectivity index (χ0n) is 7.18. The molecule has 2 heteroatoms. The van der Waals surface area contributed by atoms with Crippen molar-refractivity contribution in [2.45, 2.75) is 38.6 Å². The molecule has 0 aliphatic heterocycles. The van der Waals surface area contributed by atoms with E-state index in [4.69, 9.17) is 0 Å². The summed E-state index contributed by atoms with van der Waals surface area (Å²) in [7, 11) is 0. The van der Waals surface area contributed by atoms with Crippen molar-refractivity contribution in [1.29, 1.82) is 0 Å². The van der Waals surface area contributed by atoms with Crippen LogP contribution in [0.1, 0.15) is 32.6 Å². The summed E-state index contributed by atoms with van der Waals surface area (Å²) in [6.07, 6.45) is 6.02. The van der Waals surface area contributed by atoms with E-state index < -0.39 is 0 Å². The predicted octanol–water partition coefficient (Wildman–Crippen LogP) is 2.21. The van der Waals surface area contributed by atoms with Gasteiger partial charge in [-0.05, 0) is 37.6 Å². The Morgan fingerprint density at radius 1 is 1.27 bits per heavy atom. The first-order valence-corrected chi connectivity index (χ1v) is 4.63. The Labute approximate surface area is 75.4 Å². The van der Waals surface area contributed by atoms with Gasteiger partial charge in [0.15, 0.2) is 0 Å². The maximum Gasteiger partial charge on any atom is 0.00979 e. The van der Waals surface area contributed by atoms with Crippen molar-refractivity contribution in [1.82, 2.24) is 5.32 Å². The molecule has 0 aromatic heterocycles. The van der Waals surface area contributed by atoms with Gasteiger partial charge in [0.2, 0.25) is 0 Å². The normalized spacial score (nSPS) is 40.6. The van der Waals surface area contributed by atoms with Crippen molar-refractivity contribution in [3.05, 3.63) is 0 Å². The lowest BCUT2D eigenvalue weighted by atomic mass is 9.95. The number of fused-ring (bicyclic) bond motifs is 2. The number of halogens is 1. The largest absolute Gasteiger partial charge is 0.314 e. The molecule has 0 saturated heterocycles. The topological polar surface area (TPSA) is 12.0 Å². The molecule has 0 aromatic carbocycles. The molecule has 0 spiro atoms. The standard InChI is InChI=1S/C9H17N.ClH/c1-2-10-9-6-7-3-4-8(9)5-7;/h7-10H,2-6H2,1H3;1H. The van der Waals surface area contributed by atoms with Crippen molar-refractivity contribution >= 4 is 12.4 Å². The van der Waals surface area contributed by atoms with E-state index >= 15 is 0 Å². The summed E-state index contributed by atoms with van der Waals surface area (Å²) in [6, 6.07) is 0.892. The van der Waals surface area contributed by atoms with Crippen molar-refractivity contribution in [3.8, 4) is 0 Å². The van der Waals surface area contributed by atoms with Crippen LogP contribution >= 0.6 is 12.4 Å². The molecule has 2 rings (SSSR count). The Bertz CT molecular complexity index is 127. The molecule has 2 saturated carbocycles. The third-order valence-corrected chi connectivity index (χ3v) is 3.20. The third kappa shape index (κ3) is 1.70. The van der Waals surface area contributed by atoms with Crippen LogP contribution in [0.5, 0.6) is 0 Å². The van der Waals surface area contributed by atoms with E-state index in [9.17, 15) is 0 Å². The summed E-state index contributed by atoms with van der Waals surface area (Å²) in [6.45, 7) is 3.37. The highest BCUT2D eigenvalue weighted by molar-refractivity contribution is 5.85. The van der Waals surface area contributed by atoms with Gasteiger partial charge in [-0.25, -0.2) is 0 Å². The minimum absolute atomic E-state index is 0. The summed E-state index contributed by atoms with van der Waals surface area (Å²) in [5.74, 6) is 2.14. The average Bonchev–Trinajstić information content (AvgIpc) is 2.48. The maximum absolute atomic E-state index is 3.58. The van der Waals surface area contributed by atoms with Crippen LogP contribution in [-0.4, -0.2) is 12.6 Å². The van der Waals surface area contributed by atoms with Gasteiger partial charge in [-0.3, -0.25) is 0 Å². The van der Waals surface area contributed by atoms with Crippen molar-refractivity contribution in [2.75, 3.05) is 6.54 Å². The highest BCUT2D eigenvalue weighted by atomic mass is 35.5. The fourth-order valence-corrected chi connectivity index (χ4v) is 2.76. The second-order valence-electron chi connectivity index (χ2n) is 3.84. The lowest BCUT2D eigenvalue weighted by Crippen LogP contribution is -2.33. The Morgan fingerprint density at radius 3 is 2.55 bits per heavy atom. The lowest BCUT2D eigenvalue weighted by molar-refractivity contribution is 0.358. The molecule has 1 N–H and O–H groups in total. The molecule has 0 heterocycles. The summed E-state index contributed by atoms with van der Waals surface area (Å²) in [5, 5.41) is 3.58. The van der Waals surface area contributed by atoms with Crippen LogP contribution in [0.2, 0.25) is 0 Å². The van der Waals surface area contributed by atoms with E-state index in [0.717, 1.165) is 24.4 Å². The minimum atomic E-state index is 0. The zero-order chi connectivity index (χ0) is 6.97. The van der Waals surface area contributed by atoms with E-state index in [1.807, 2.05) is 0 Å². The smallest absolute Gasteiger partial charge is 0.00979 e. The lowest BCUT2D eigenvalue weighted by Gasteiger charge is -2.21. The van der Waals surface area contributed by atoms with Crippen molar-refractivity contribution in [3.63, 3.8) is 0 Å². The number of hydrogen-bond acceptors (Lipinski definition) is 1. The van der Waals surface area contributed by atoms with Gasteiger partial charge in [-0.2, -0.15) is 0 Å². The molecule has 66 valence electrons. The van der Waals surface area contributed by atoms with Crippen LogP contribution < -0.4 is 5.32 Å². The maximum atomic E-state index is 3.58. The van der Waals surface area contributed by atoms with Crippen LogP contribution in [-0.2, 0) is 0 Å². The van der Waals surface area contributed by atoms with Crippen LogP contribution in [0, 0.1) is 11.8 Å². The molecule has 3 atom stereocenters. The summed E-state index contributed by atoms with van der Waals surface area (Å²) < 4.78 is 0. The molecule has 0 amide bonds. The number of hydrogen-bond donors (Lipinski definition) is 1. The fraction of sp³-hybridized carbons (Fsp3) is 1.00. The number of nitrogens with one attached hydrogen (secondary N) is 1. The fourth-order valence-electron chi connectivity index (χ4n) is 2.76. The highest BCUT2D eigenvalue weighted by Gasteiger charge is 2.38. The molecule has 2 aliphatic rings. The second-order valence-corrected chi connectivity index (χ2v) is 3.84. The molecule has 2 bridgehead atoms. The Balaban J connectivity index is 0.000000605. The molecule has 0 radical (unpaired) electrons. The average molecular weight is 176 g/mol. The molecule has 2 fully saturated rings. The first-order valence-electron chi connectivity index (χ1n) is 4.63. The SMILES string of the molecule is CCNC1CC2CCC1C2.Cl. The van der Waals surface area contributed by atoms with Crippen molar-refractivity contribution in [2.24, 2.45) is 11.8 Å². The summed E-state index contributed by atoms with van der Waals surface area (Å²) >= 11 is 0. The van der Waals surface area contributed by atoms with Crippen LogP contribution in [0.4, 0.5) is 0 Å². The van der Waals surface area contributed by atoms with E-state index in [0.29, 0.717) is 0 Å². The van der Waals surface area contributed by atoms with Gasteiger partial charge in [0.05, 0.1) is 0 Å². The molecule has 1 nitrogen and oxygen atoms in total. The van der Waals surface area contributed by atoms with Gasteiger partial charge in [-0.1, -0.05) is 13.3 Å². The van der Waals surface area contributed by atoms with E-state index in [2.05, 4.69) is 12.2 Å². The van der Waals surface area contributed by atoms with Gasteiger partial charge in [0.25, 0.3) is 0 Å². The van der Waals surface area contributed by atoms with Crippen LogP contribution in [0.15, 0.2) is 0 Å². The van der Waals surface area contributed by atoms with Gasteiger partial charge in [0.1, 0.15) is 0 Å². The Kier molecular flexibility index (Phi) is 3.20. The molecule has 11 heavy (non-hydrogen) atoms. The first kappa shape index (κ1) is 9.34. The first-order chi connectivity index (χ1) is 4.90. The Hall–Kier alpha value is 0.250. The highest BCUT2D eigenvalue weighted by Crippen LogP contribution is 2.44. The predicted molar refractivity (Wildman–Crippen MR) is 50.2 cm³/mol. The Morgan fingerprint density at radius 2 is 2.09 bits per heavy atom. The molecule has 0 aromatic rings. The van der Waals surface area contributed by atoms with Gasteiger partial charge in [0, 0.05) is 6.04 Å². The summed E-state index contributed by atoms with van der Waals surface area (Å²) in [4.78, 5) is 0. The minimum Gasteiger partial charge on any atom is -0.314 e. The monoisotopic (exact) mass is 175 g/mol. The third-order valence-electron chi connectivity index (χ3n) is 3.20. The van der Waals surface area contributed by atoms with Crippen molar-refractivity contribution < 1.29 is 0 Å². The molecular weight excluding hydrogens is 158 g/mol. The van der Waals surface area contributed by atoms with E-state index in [-0.39, 0.29) is 12.4 Å². The molecule has 3 unspecified atom stereocenters. The van der Waals surface area contributed by atoms with Crippen LogP contribution in [0.25, 0.3) is 0 Å². The number of rotatable bonds is 2. The van der Waals surface area contributed by atoms with Gasteiger partial charge in [-0.15, -0.1) is 12.4 Å². The molecule has 2 aliphatic carbocycles.